The van der Waals surface area contributed by atoms with Gasteiger partial charge in [-0.05, 0) is 78.9 Å². The molecule has 0 heterocycles. The van der Waals surface area contributed by atoms with E-state index in [4.69, 9.17) is 0 Å². The monoisotopic (exact) mass is 608 g/mol. The summed E-state index contributed by atoms with van der Waals surface area (Å²) in [7, 11) is 0. The fourth-order valence-corrected chi connectivity index (χ4v) is 9.13. The van der Waals surface area contributed by atoms with Crippen LogP contribution in [-0.4, -0.2) is 43.4 Å². The molecule has 242 valence electrons. The molecule has 0 spiro atoms. The Balaban J connectivity index is 1.96. The Morgan fingerprint density at radius 2 is 1.64 bits per heavy atom. The van der Waals surface area contributed by atoms with Crippen molar-refractivity contribution in [2.45, 2.75) is 120 Å². The van der Waals surface area contributed by atoms with Crippen molar-refractivity contribution < 1.29 is 34.8 Å². The molecule has 4 N–H and O–H groups in total. The minimum Gasteiger partial charge on any atom is -0.508 e. The lowest BCUT2D eigenvalue weighted by Gasteiger charge is -2.60. The highest BCUT2D eigenvalue weighted by Crippen LogP contribution is 2.65. The van der Waals surface area contributed by atoms with Gasteiger partial charge in [0.05, 0.1) is 5.56 Å². The van der Waals surface area contributed by atoms with Crippen molar-refractivity contribution >= 4 is 23.1 Å². The van der Waals surface area contributed by atoms with Crippen LogP contribution in [0.3, 0.4) is 0 Å². The van der Waals surface area contributed by atoms with Crippen LogP contribution in [0, 0.1) is 34.0 Å². The second-order valence-electron chi connectivity index (χ2n) is 16.4. The van der Waals surface area contributed by atoms with Crippen LogP contribution in [-0.2, 0) is 27.2 Å². The van der Waals surface area contributed by atoms with E-state index >= 15 is 0 Å². The number of phenols is 1. The lowest BCUT2D eigenvalue weighted by atomic mass is 9.43. The summed E-state index contributed by atoms with van der Waals surface area (Å²) in [4.78, 5) is 40.9. The van der Waals surface area contributed by atoms with E-state index in [1.807, 2.05) is 13.0 Å². The number of rotatable bonds is 7. The van der Waals surface area contributed by atoms with Crippen LogP contribution < -0.4 is 0 Å². The second-order valence-corrected chi connectivity index (χ2v) is 16.4. The molecule has 5 atom stereocenters. The third-order valence-corrected chi connectivity index (χ3v) is 10.6. The fraction of sp³-hybridized carbons (Fsp3) is 0.649. The maximum Gasteiger partial charge on any atom is 0.203 e. The standard InChI is InChI=1S/C37H52O7/c1-18(2)23-14-22(13-12-20(5)15-34(7,8)9)29(39)26-24(23)16-35(10)17-36(11)27(19(3)4)30(40)25(21(6)38)32(42)37(36,44)33(43)28(35)31(26)41/h14,18-20,27,39,41-42,44H,12-13,15-17H2,1-11H3/t20?,27?,35-,36-,37+/m1/s1. The van der Waals surface area contributed by atoms with Gasteiger partial charge in [-0.3, -0.25) is 14.4 Å². The van der Waals surface area contributed by atoms with Crippen molar-refractivity contribution in [1.82, 2.24) is 0 Å². The number of aromatic hydroxyl groups is 1. The number of hydrogen-bond acceptors (Lipinski definition) is 7. The van der Waals surface area contributed by atoms with Gasteiger partial charge in [0.25, 0.3) is 0 Å². The summed E-state index contributed by atoms with van der Waals surface area (Å²) < 4.78 is 0. The smallest absolute Gasteiger partial charge is 0.203 e. The first-order valence-electron chi connectivity index (χ1n) is 16.1. The number of hydrogen-bond donors (Lipinski definition) is 4. The first kappa shape index (κ1) is 34.0. The summed E-state index contributed by atoms with van der Waals surface area (Å²) >= 11 is 0. The van der Waals surface area contributed by atoms with Crippen molar-refractivity contribution in [1.29, 1.82) is 0 Å². The molecule has 44 heavy (non-hydrogen) atoms. The van der Waals surface area contributed by atoms with Gasteiger partial charge in [-0.15, -0.1) is 0 Å². The first-order chi connectivity index (χ1) is 20.0. The maximum atomic E-state index is 14.6. The maximum absolute atomic E-state index is 14.6. The molecule has 3 aliphatic rings. The molecule has 1 aromatic rings. The lowest BCUT2D eigenvalue weighted by Crippen LogP contribution is -2.69. The molecule has 3 aliphatic carbocycles. The van der Waals surface area contributed by atoms with Gasteiger partial charge in [0, 0.05) is 22.3 Å². The number of aliphatic hydroxyl groups excluding tert-OH is 2. The van der Waals surface area contributed by atoms with Crippen molar-refractivity contribution in [2.75, 3.05) is 0 Å². The lowest BCUT2D eigenvalue weighted by molar-refractivity contribution is -0.178. The van der Waals surface area contributed by atoms with Gasteiger partial charge in [-0.25, -0.2) is 0 Å². The summed E-state index contributed by atoms with van der Waals surface area (Å²) in [5.74, 6) is -4.48. The minimum atomic E-state index is -2.60. The van der Waals surface area contributed by atoms with Gasteiger partial charge in [-0.1, -0.05) is 75.3 Å². The summed E-state index contributed by atoms with van der Waals surface area (Å²) in [6, 6.07) is 2.03. The van der Waals surface area contributed by atoms with Crippen LogP contribution in [0.4, 0.5) is 0 Å². The SMILES string of the molecule is CC(=O)C1=C(O)[C@]2(O)C(=O)C3=C(O)c4c(O)c(CCC(C)CC(C)(C)C)cc(C(C)C)c4C[C@]3(C)C[C@]2(C)C(C(C)C)C1=O. The number of aryl methyl sites for hydroxylation is 1. The number of phenolic OH excluding ortho intramolecular Hbond substituents is 1. The molecule has 4 rings (SSSR count). The van der Waals surface area contributed by atoms with E-state index in [1.54, 1.807) is 20.8 Å². The molecule has 0 radical (unpaired) electrons. The van der Waals surface area contributed by atoms with Crippen LogP contribution in [0.2, 0.25) is 0 Å². The van der Waals surface area contributed by atoms with Gasteiger partial charge in [-0.2, -0.15) is 0 Å². The second kappa shape index (κ2) is 10.9. The molecular weight excluding hydrogens is 556 g/mol. The highest BCUT2D eigenvalue weighted by molar-refractivity contribution is 6.24. The van der Waals surface area contributed by atoms with Crippen molar-refractivity contribution in [3.8, 4) is 5.75 Å². The van der Waals surface area contributed by atoms with E-state index in [9.17, 15) is 34.8 Å². The molecule has 7 nitrogen and oxygen atoms in total. The van der Waals surface area contributed by atoms with E-state index in [0.29, 0.717) is 24.3 Å². The van der Waals surface area contributed by atoms with Crippen LogP contribution in [0.5, 0.6) is 5.75 Å². The zero-order valence-electron chi connectivity index (χ0n) is 28.4. The van der Waals surface area contributed by atoms with Crippen molar-refractivity contribution in [2.24, 2.45) is 34.0 Å². The zero-order chi connectivity index (χ0) is 33.5. The number of benzene rings is 1. The third kappa shape index (κ3) is 4.94. The summed E-state index contributed by atoms with van der Waals surface area (Å²) in [5, 5.41) is 47.3. The Hall–Kier alpha value is -2.93. The topological polar surface area (TPSA) is 132 Å². The van der Waals surface area contributed by atoms with Crippen LogP contribution >= 0.6 is 0 Å². The Kier molecular flexibility index (Phi) is 8.38. The third-order valence-electron chi connectivity index (χ3n) is 10.6. The molecule has 0 aromatic heterocycles. The number of carbonyl (C=O) groups excluding carboxylic acids is 3. The molecule has 1 aromatic carbocycles. The molecule has 2 unspecified atom stereocenters. The Morgan fingerprint density at radius 1 is 1.05 bits per heavy atom. The minimum absolute atomic E-state index is 0.0598. The van der Waals surface area contributed by atoms with Crippen LogP contribution in [0.1, 0.15) is 124 Å². The number of Topliss-reactive ketones (excluding diaryl/α,β-unsaturated/α-hetero) is 3. The van der Waals surface area contributed by atoms with Gasteiger partial charge < -0.3 is 20.4 Å². The molecule has 1 fully saturated rings. The largest absolute Gasteiger partial charge is 0.508 e. The quantitative estimate of drug-likeness (QED) is 0.239. The van der Waals surface area contributed by atoms with E-state index in [0.717, 1.165) is 30.9 Å². The molecule has 1 saturated carbocycles. The van der Waals surface area contributed by atoms with E-state index in [1.165, 1.54) is 0 Å². The molecule has 0 saturated heterocycles. The highest BCUT2D eigenvalue weighted by Gasteiger charge is 2.72. The predicted octanol–water partition coefficient (Wildman–Crippen LogP) is 7.32. The Morgan fingerprint density at radius 3 is 2.14 bits per heavy atom. The number of carbonyl (C=O) groups is 3. The number of aliphatic hydroxyl groups is 3. The average molecular weight is 609 g/mol. The van der Waals surface area contributed by atoms with Gasteiger partial charge in [0.15, 0.2) is 17.2 Å². The first-order valence-corrected chi connectivity index (χ1v) is 16.1. The molecule has 0 bridgehead atoms. The summed E-state index contributed by atoms with van der Waals surface area (Å²) in [6.07, 6.45) is 2.84. The number of fused-ring (bicyclic) bond motifs is 3. The average Bonchev–Trinajstić information content (AvgIpc) is 2.84. The summed E-state index contributed by atoms with van der Waals surface area (Å²) in [6.45, 7) is 21.2. The van der Waals surface area contributed by atoms with Crippen molar-refractivity contribution in [3.63, 3.8) is 0 Å². The van der Waals surface area contributed by atoms with Gasteiger partial charge in [0.2, 0.25) is 5.78 Å². The number of ketones is 3. The van der Waals surface area contributed by atoms with E-state index in [2.05, 4.69) is 41.5 Å². The van der Waals surface area contributed by atoms with Gasteiger partial charge in [0.1, 0.15) is 22.8 Å². The molecule has 0 aliphatic heterocycles. The number of allylic oxidation sites excluding steroid dienone is 1. The predicted molar refractivity (Wildman–Crippen MR) is 171 cm³/mol. The molecule has 7 heteroatoms. The van der Waals surface area contributed by atoms with Gasteiger partial charge >= 0.3 is 0 Å². The Bertz CT molecular complexity index is 1490. The highest BCUT2D eigenvalue weighted by atomic mass is 16.3. The molecular formula is C37H52O7. The van der Waals surface area contributed by atoms with Crippen LogP contribution in [0.25, 0.3) is 5.76 Å². The van der Waals surface area contributed by atoms with E-state index in [-0.39, 0.29) is 40.6 Å². The van der Waals surface area contributed by atoms with Crippen molar-refractivity contribution in [3.05, 3.63) is 45.2 Å². The van der Waals surface area contributed by atoms with Crippen LogP contribution in [0.15, 0.2) is 23.0 Å². The zero-order valence-corrected chi connectivity index (χ0v) is 28.4. The normalized spacial score (nSPS) is 29.6. The summed E-state index contributed by atoms with van der Waals surface area (Å²) in [5.41, 5.74) is -2.94. The Labute approximate surface area is 262 Å². The molecule has 0 amide bonds. The van der Waals surface area contributed by atoms with E-state index < -0.39 is 56.8 Å². The fourth-order valence-electron chi connectivity index (χ4n) is 9.13.